The molecule has 0 unspecified atom stereocenters. The molecule has 2 N–H and O–H groups in total. The fourth-order valence-electron chi connectivity index (χ4n) is 2.43. The van der Waals surface area contributed by atoms with E-state index in [0.29, 0.717) is 16.8 Å². The summed E-state index contributed by atoms with van der Waals surface area (Å²) < 4.78 is 14.0. The summed E-state index contributed by atoms with van der Waals surface area (Å²) in [7, 11) is 0. The number of hydrogen-bond acceptors (Lipinski definition) is 2. The summed E-state index contributed by atoms with van der Waals surface area (Å²) >= 11 is 3.35. The fourth-order valence-corrected chi connectivity index (χ4v) is 2.83. The van der Waals surface area contributed by atoms with E-state index in [4.69, 9.17) is 0 Å². The van der Waals surface area contributed by atoms with Crippen LogP contribution in [0, 0.1) is 5.82 Å². The van der Waals surface area contributed by atoms with Gasteiger partial charge in [-0.1, -0.05) is 52.3 Å². The maximum Gasteiger partial charge on any atom is 0.272 e. The monoisotopic (exact) mass is 438 g/mol. The van der Waals surface area contributed by atoms with Crippen molar-refractivity contribution in [2.75, 3.05) is 5.32 Å². The Morgan fingerprint density at radius 1 is 0.893 bits per heavy atom. The smallest absolute Gasteiger partial charge is 0.272 e. The van der Waals surface area contributed by atoms with Crippen molar-refractivity contribution in [2.24, 2.45) is 0 Å². The molecule has 0 heterocycles. The van der Waals surface area contributed by atoms with Crippen LogP contribution in [0.5, 0.6) is 0 Å². The van der Waals surface area contributed by atoms with Gasteiger partial charge in [-0.05, 0) is 54.1 Å². The number of rotatable bonds is 5. The molecule has 3 aromatic carbocycles. The SMILES string of the molecule is O=C(Nc1cccc(Br)c1)/C(=C\c1ccc(F)cc1)NC(=O)c1ccccc1. The average Bonchev–Trinajstić information content (AvgIpc) is 2.69. The minimum Gasteiger partial charge on any atom is -0.321 e. The molecule has 0 saturated carbocycles. The van der Waals surface area contributed by atoms with Crippen LogP contribution in [0.3, 0.4) is 0 Å². The molecule has 0 saturated heterocycles. The van der Waals surface area contributed by atoms with Gasteiger partial charge in [-0.25, -0.2) is 4.39 Å². The Kier molecular flexibility index (Phi) is 6.34. The third-order valence-electron chi connectivity index (χ3n) is 3.79. The van der Waals surface area contributed by atoms with Crippen LogP contribution in [-0.2, 0) is 4.79 Å². The number of halogens is 2. The van der Waals surface area contributed by atoms with E-state index in [9.17, 15) is 14.0 Å². The van der Waals surface area contributed by atoms with Crippen molar-refractivity contribution >= 4 is 39.5 Å². The van der Waals surface area contributed by atoms with Crippen LogP contribution in [0.25, 0.3) is 6.08 Å². The molecule has 6 heteroatoms. The minimum atomic E-state index is -0.494. The van der Waals surface area contributed by atoms with Crippen LogP contribution in [0.4, 0.5) is 10.1 Å². The van der Waals surface area contributed by atoms with E-state index in [1.165, 1.54) is 30.3 Å². The van der Waals surface area contributed by atoms with Gasteiger partial charge in [0, 0.05) is 15.7 Å². The molecule has 28 heavy (non-hydrogen) atoms. The third-order valence-corrected chi connectivity index (χ3v) is 4.29. The van der Waals surface area contributed by atoms with E-state index in [2.05, 4.69) is 26.6 Å². The quantitative estimate of drug-likeness (QED) is 0.550. The van der Waals surface area contributed by atoms with E-state index >= 15 is 0 Å². The number of carbonyl (C=O) groups excluding carboxylic acids is 2. The molecular formula is C22H16BrFN2O2. The van der Waals surface area contributed by atoms with Gasteiger partial charge in [-0.2, -0.15) is 0 Å². The highest BCUT2D eigenvalue weighted by Gasteiger charge is 2.15. The lowest BCUT2D eigenvalue weighted by Gasteiger charge is -2.11. The lowest BCUT2D eigenvalue weighted by atomic mass is 10.1. The largest absolute Gasteiger partial charge is 0.321 e. The van der Waals surface area contributed by atoms with Crippen LogP contribution < -0.4 is 10.6 Å². The molecule has 0 atom stereocenters. The summed E-state index contributed by atoms with van der Waals surface area (Å²) in [6.07, 6.45) is 1.49. The van der Waals surface area contributed by atoms with Crippen LogP contribution in [0.1, 0.15) is 15.9 Å². The Hall–Kier alpha value is -3.25. The number of anilines is 1. The molecule has 0 aromatic heterocycles. The van der Waals surface area contributed by atoms with Crippen molar-refractivity contribution in [1.82, 2.24) is 5.32 Å². The third kappa shape index (κ3) is 5.37. The molecule has 0 aliphatic rings. The molecular weight excluding hydrogens is 423 g/mol. The molecule has 3 aromatic rings. The van der Waals surface area contributed by atoms with E-state index < -0.39 is 11.8 Å². The summed E-state index contributed by atoms with van der Waals surface area (Å²) in [6.45, 7) is 0. The van der Waals surface area contributed by atoms with E-state index in [1.54, 1.807) is 48.5 Å². The zero-order valence-electron chi connectivity index (χ0n) is 14.7. The van der Waals surface area contributed by atoms with E-state index in [-0.39, 0.29) is 11.5 Å². The van der Waals surface area contributed by atoms with Crippen molar-refractivity contribution in [1.29, 1.82) is 0 Å². The average molecular weight is 439 g/mol. The molecule has 0 radical (unpaired) electrons. The van der Waals surface area contributed by atoms with E-state index in [0.717, 1.165) is 4.47 Å². The first kappa shape index (κ1) is 19.5. The Balaban J connectivity index is 1.88. The molecule has 140 valence electrons. The normalized spacial score (nSPS) is 11.0. The number of hydrogen-bond donors (Lipinski definition) is 2. The molecule has 2 amide bonds. The highest BCUT2D eigenvalue weighted by Crippen LogP contribution is 2.17. The summed E-state index contributed by atoms with van der Waals surface area (Å²) in [5.74, 6) is -1.30. The highest BCUT2D eigenvalue weighted by molar-refractivity contribution is 9.10. The second kappa shape index (κ2) is 9.10. The van der Waals surface area contributed by atoms with E-state index in [1.807, 2.05) is 6.07 Å². The lowest BCUT2D eigenvalue weighted by molar-refractivity contribution is -0.113. The Morgan fingerprint density at radius 3 is 2.29 bits per heavy atom. The summed E-state index contributed by atoms with van der Waals surface area (Å²) in [6, 6.07) is 21.3. The van der Waals surface area contributed by atoms with Crippen molar-refractivity contribution in [3.63, 3.8) is 0 Å². The molecule has 0 aliphatic carbocycles. The number of carbonyl (C=O) groups is 2. The number of amides is 2. The Bertz CT molecular complexity index is 1020. The van der Waals surface area contributed by atoms with Gasteiger partial charge < -0.3 is 10.6 Å². The lowest BCUT2D eigenvalue weighted by Crippen LogP contribution is -2.30. The van der Waals surface area contributed by atoms with Gasteiger partial charge in [0.05, 0.1) is 0 Å². The van der Waals surface area contributed by atoms with Crippen LogP contribution >= 0.6 is 15.9 Å². The predicted octanol–water partition coefficient (Wildman–Crippen LogP) is 5.00. The Labute approximate surface area is 170 Å². The van der Waals surface area contributed by atoms with Crippen molar-refractivity contribution in [2.45, 2.75) is 0 Å². The van der Waals surface area contributed by atoms with Crippen molar-refractivity contribution in [3.05, 3.63) is 106 Å². The summed E-state index contributed by atoms with van der Waals surface area (Å²) in [4.78, 5) is 25.3. The first-order valence-corrected chi connectivity index (χ1v) is 9.21. The number of benzene rings is 3. The maximum atomic E-state index is 13.2. The molecule has 3 rings (SSSR count). The van der Waals surface area contributed by atoms with Crippen LogP contribution in [0.2, 0.25) is 0 Å². The van der Waals surface area contributed by atoms with Gasteiger partial charge in [0.15, 0.2) is 0 Å². The molecule has 0 spiro atoms. The molecule has 0 bridgehead atoms. The van der Waals surface area contributed by atoms with Gasteiger partial charge in [0.2, 0.25) is 0 Å². The van der Waals surface area contributed by atoms with Gasteiger partial charge >= 0.3 is 0 Å². The molecule has 0 aliphatic heterocycles. The fraction of sp³-hybridized carbons (Fsp3) is 0. The molecule has 0 fully saturated rings. The predicted molar refractivity (Wildman–Crippen MR) is 111 cm³/mol. The first-order valence-electron chi connectivity index (χ1n) is 8.42. The van der Waals surface area contributed by atoms with Crippen LogP contribution in [0.15, 0.2) is 89.0 Å². The molecule has 4 nitrogen and oxygen atoms in total. The second-order valence-corrected chi connectivity index (χ2v) is 6.81. The second-order valence-electron chi connectivity index (χ2n) is 5.89. The maximum absolute atomic E-state index is 13.2. The van der Waals surface area contributed by atoms with Gasteiger partial charge in [0.25, 0.3) is 11.8 Å². The summed E-state index contributed by atoms with van der Waals surface area (Å²) in [5.41, 5.74) is 1.61. The topological polar surface area (TPSA) is 58.2 Å². The zero-order valence-corrected chi connectivity index (χ0v) is 16.2. The van der Waals surface area contributed by atoms with Gasteiger partial charge in [0.1, 0.15) is 11.5 Å². The highest BCUT2D eigenvalue weighted by atomic mass is 79.9. The van der Waals surface area contributed by atoms with Crippen molar-refractivity contribution < 1.29 is 14.0 Å². The summed E-state index contributed by atoms with van der Waals surface area (Å²) in [5, 5.41) is 5.38. The van der Waals surface area contributed by atoms with Gasteiger partial charge in [-0.3, -0.25) is 9.59 Å². The number of nitrogens with one attached hydrogen (secondary N) is 2. The zero-order chi connectivity index (χ0) is 19.9. The first-order chi connectivity index (χ1) is 13.5. The van der Waals surface area contributed by atoms with Gasteiger partial charge in [-0.15, -0.1) is 0 Å². The van der Waals surface area contributed by atoms with Crippen LogP contribution in [-0.4, -0.2) is 11.8 Å². The standard InChI is InChI=1S/C22H16BrFN2O2/c23-17-7-4-8-19(14-17)25-22(28)20(13-15-9-11-18(24)12-10-15)26-21(27)16-5-2-1-3-6-16/h1-14H,(H,25,28)(H,26,27)/b20-13+. The minimum absolute atomic E-state index is 0.0421. The Morgan fingerprint density at radius 2 is 1.61 bits per heavy atom. The van der Waals surface area contributed by atoms with Crippen molar-refractivity contribution in [3.8, 4) is 0 Å².